The van der Waals surface area contributed by atoms with Gasteiger partial charge in [-0.15, -0.1) is 0 Å². The van der Waals surface area contributed by atoms with Crippen molar-refractivity contribution in [3.63, 3.8) is 0 Å². The lowest BCUT2D eigenvalue weighted by molar-refractivity contribution is 0.602. The molecule has 1 aromatic carbocycles. The minimum atomic E-state index is -3.30. The smallest absolute Gasteiger partial charge is 0.232 e. The van der Waals surface area contributed by atoms with Crippen molar-refractivity contribution in [2.24, 2.45) is 0 Å². The molecule has 0 radical (unpaired) electrons. The predicted molar refractivity (Wildman–Crippen MR) is 87.1 cm³/mol. The van der Waals surface area contributed by atoms with E-state index in [-0.39, 0.29) is 5.75 Å². The molecular formula is C13H13Cl2N3O2S. The Hall–Kier alpha value is -1.50. The Labute approximate surface area is 133 Å². The van der Waals surface area contributed by atoms with Crippen LogP contribution in [-0.4, -0.2) is 19.2 Å². The summed E-state index contributed by atoms with van der Waals surface area (Å²) in [6.45, 7) is 1.56. The molecular weight excluding hydrogens is 333 g/mol. The average Bonchev–Trinajstić information content (AvgIpc) is 2.39. The van der Waals surface area contributed by atoms with Crippen molar-refractivity contribution in [2.45, 2.75) is 6.92 Å². The standard InChI is InChI=1S/C13H13Cl2N3O2S/c1-2-21(19,20)18-11-3-4-13(16-8-11)17-12-6-9(14)5-10(15)7-12/h3-8,18H,2H2,1H3,(H,16,17). The summed E-state index contributed by atoms with van der Waals surface area (Å²) in [5.74, 6) is 0.557. The lowest BCUT2D eigenvalue weighted by Gasteiger charge is -2.09. The molecule has 0 saturated heterocycles. The van der Waals surface area contributed by atoms with Crippen LogP contribution in [0.1, 0.15) is 6.92 Å². The van der Waals surface area contributed by atoms with Crippen molar-refractivity contribution >= 4 is 50.4 Å². The number of pyridine rings is 1. The molecule has 0 aliphatic carbocycles. The third-order valence-electron chi connectivity index (χ3n) is 2.55. The molecule has 21 heavy (non-hydrogen) atoms. The lowest BCUT2D eigenvalue weighted by Crippen LogP contribution is -2.14. The highest BCUT2D eigenvalue weighted by Gasteiger charge is 2.07. The van der Waals surface area contributed by atoms with Crippen LogP contribution < -0.4 is 10.0 Å². The maximum absolute atomic E-state index is 11.4. The zero-order chi connectivity index (χ0) is 15.5. The molecule has 0 spiro atoms. The molecule has 0 bridgehead atoms. The monoisotopic (exact) mass is 345 g/mol. The molecule has 2 rings (SSSR count). The summed E-state index contributed by atoms with van der Waals surface area (Å²) in [7, 11) is -3.30. The molecule has 0 amide bonds. The van der Waals surface area contributed by atoms with E-state index in [1.165, 1.54) is 6.20 Å². The predicted octanol–water partition coefficient (Wildman–Crippen LogP) is 3.89. The Morgan fingerprint density at radius 2 is 1.76 bits per heavy atom. The van der Waals surface area contributed by atoms with E-state index < -0.39 is 10.0 Å². The summed E-state index contributed by atoms with van der Waals surface area (Å²) in [5.41, 5.74) is 1.11. The Kier molecular flexibility index (Phi) is 4.92. The van der Waals surface area contributed by atoms with E-state index in [2.05, 4.69) is 15.0 Å². The number of nitrogens with one attached hydrogen (secondary N) is 2. The Morgan fingerprint density at radius 1 is 1.10 bits per heavy atom. The fraction of sp³-hybridized carbons (Fsp3) is 0.154. The number of hydrogen-bond acceptors (Lipinski definition) is 4. The highest BCUT2D eigenvalue weighted by molar-refractivity contribution is 7.92. The molecule has 2 aromatic rings. The highest BCUT2D eigenvalue weighted by atomic mass is 35.5. The van der Waals surface area contributed by atoms with E-state index >= 15 is 0 Å². The van der Waals surface area contributed by atoms with Gasteiger partial charge in [-0.05, 0) is 37.3 Å². The first kappa shape index (κ1) is 15.9. The van der Waals surface area contributed by atoms with E-state index in [1.807, 2.05) is 0 Å². The first-order chi connectivity index (χ1) is 9.88. The van der Waals surface area contributed by atoms with Gasteiger partial charge in [0.2, 0.25) is 10.0 Å². The number of rotatable bonds is 5. The minimum absolute atomic E-state index is 0.00795. The average molecular weight is 346 g/mol. The Bertz CT molecular complexity index is 713. The van der Waals surface area contributed by atoms with Crippen LogP contribution in [0.2, 0.25) is 10.0 Å². The Morgan fingerprint density at radius 3 is 2.29 bits per heavy atom. The minimum Gasteiger partial charge on any atom is -0.340 e. The molecule has 0 saturated carbocycles. The van der Waals surface area contributed by atoms with E-state index in [0.717, 1.165) is 0 Å². The van der Waals surface area contributed by atoms with Crippen LogP contribution >= 0.6 is 23.2 Å². The molecule has 0 unspecified atom stereocenters. The fourth-order valence-corrected chi connectivity index (χ4v) is 2.70. The first-order valence-corrected chi connectivity index (χ1v) is 8.48. The molecule has 1 aromatic heterocycles. The van der Waals surface area contributed by atoms with Gasteiger partial charge >= 0.3 is 0 Å². The zero-order valence-electron chi connectivity index (χ0n) is 11.1. The third kappa shape index (κ3) is 4.77. The molecule has 112 valence electrons. The van der Waals surface area contributed by atoms with Gasteiger partial charge in [-0.2, -0.15) is 0 Å². The largest absolute Gasteiger partial charge is 0.340 e. The number of halogens is 2. The van der Waals surface area contributed by atoms with E-state index in [9.17, 15) is 8.42 Å². The first-order valence-electron chi connectivity index (χ1n) is 6.07. The zero-order valence-corrected chi connectivity index (χ0v) is 13.4. The molecule has 8 heteroatoms. The van der Waals surface area contributed by atoms with Gasteiger partial charge in [0.1, 0.15) is 5.82 Å². The molecule has 0 aliphatic rings. The molecule has 1 heterocycles. The summed E-state index contributed by atoms with van der Waals surface area (Å²) < 4.78 is 25.3. The molecule has 0 atom stereocenters. The van der Waals surface area contributed by atoms with Crippen LogP contribution in [-0.2, 0) is 10.0 Å². The summed E-state index contributed by atoms with van der Waals surface area (Å²) in [6.07, 6.45) is 1.43. The molecule has 0 aliphatic heterocycles. The fourth-order valence-electron chi connectivity index (χ4n) is 1.55. The Balaban J connectivity index is 2.12. The van der Waals surface area contributed by atoms with Gasteiger partial charge in [0, 0.05) is 15.7 Å². The van der Waals surface area contributed by atoms with Crippen molar-refractivity contribution in [1.29, 1.82) is 0 Å². The maximum Gasteiger partial charge on any atom is 0.232 e. The SMILES string of the molecule is CCS(=O)(=O)Nc1ccc(Nc2cc(Cl)cc(Cl)c2)nc1. The van der Waals surface area contributed by atoms with Gasteiger partial charge in [0.05, 0.1) is 17.6 Å². The number of anilines is 3. The lowest BCUT2D eigenvalue weighted by atomic mass is 10.3. The van der Waals surface area contributed by atoms with Gasteiger partial charge in [-0.3, -0.25) is 4.72 Å². The van der Waals surface area contributed by atoms with Gasteiger partial charge < -0.3 is 5.32 Å². The normalized spacial score (nSPS) is 11.2. The molecule has 0 fully saturated rings. The van der Waals surface area contributed by atoms with E-state index in [4.69, 9.17) is 23.2 Å². The van der Waals surface area contributed by atoms with Crippen molar-refractivity contribution in [2.75, 3.05) is 15.8 Å². The van der Waals surface area contributed by atoms with Crippen molar-refractivity contribution in [3.8, 4) is 0 Å². The second kappa shape index (κ2) is 6.51. The van der Waals surface area contributed by atoms with E-state index in [1.54, 1.807) is 37.3 Å². The molecule has 5 nitrogen and oxygen atoms in total. The van der Waals surface area contributed by atoms with Crippen LogP contribution in [0.4, 0.5) is 17.2 Å². The summed E-state index contributed by atoms with van der Waals surface area (Å²) >= 11 is 11.8. The maximum atomic E-state index is 11.4. The van der Waals surface area contributed by atoms with Gasteiger partial charge in [-0.25, -0.2) is 13.4 Å². The third-order valence-corrected chi connectivity index (χ3v) is 4.30. The van der Waals surface area contributed by atoms with Crippen LogP contribution in [0.3, 0.4) is 0 Å². The number of sulfonamides is 1. The second-order valence-electron chi connectivity index (χ2n) is 4.22. The van der Waals surface area contributed by atoms with Crippen LogP contribution in [0.25, 0.3) is 0 Å². The summed E-state index contributed by atoms with van der Waals surface area (Å²) in [4.78, 5) is 4.13. The van der Waals surface area contributed by atoms with Gasteiger partial charge in [0.15, 0.2) is 0 Å². The van der Waals surface area contributed by atoms with Gasteiger partial charge in [-0.1, -0.05) is 23.2 Å². The van der Waals surface area contributed by atoms with Gasteiger partial charge in [0.25, 0.3) is 0 Å². The second-order valence-corrected chi connectivity index (χ2v) is 7.10. The number of nitrogens with zero attached hydrogens (tertiary/aromatic N) is 1. The van der Waals surface area contributed by atoms with Crippen molar-refractivity contribution < 1.29 is 8.42 Å². The summed E-state index contributed by atoms with van der Waals surface area (Å²) in [6, 6.07) is 8.33. The van der Waals surface area contributed by atoms with E-state index in [0.29, 0.717) is 27.2 Å². The summed E-state index contributed by atoms with van der Waals surface area (Å²) in [5, 5.41) is 4.06. The van der Waals surface area contributed by atoms with Crippen molar-refractivity contribution in [1.82, 2.24) is 4.98 Å². The van der Waals surface area contributed by atoms with Crippen LogP contribution in [0.5, 0.6) is 0 Å². The number of aromatic nitrogens is 1. The highest BCUT2D eigenvalue weighted by Crippen LogP contribution is 2.25. The number of benzene rings is 1. The van der Waals surface area contributed by atoms with Crippen LogP contribution in [0.15, 0.2) is 36.5 Å². The quantitative estimate of drug-likeness (QED) is 0.862. The van der Waals surface area contributed by atoms with Crippen LogP contribution in [0, 0.1) is 0 Å². The van der Waals surface area contributed by atoms with Crippen molar-refractivity contribution in [3.05, 3.63) is 46.6 Å². The number of hydrogen-bond donors (Lipinski definition) is 2. The molecule has 2 N–H and O–H groups in total. The topological polar surface area (TPSA) is 71.1 Å².